The van der Waals surface area contributed by atoms with Gasteiger partial charge in [-0.2, -0.15) is 0 Å². The largest absolute Gasteiger partial charge is 0.361 e. The molecule has 2 rings (SSSR count). The lowest BCUT2D eigenvalue weighted by Gasteiger charge is -2.10. The molecule has 2 amide bonds. The summed E-state index contributed by atoms with van der Waals surface area (Å²) in [5.41, 5.74) is 1.75. The quantitative estimate of drug-likeness (QED) is 0.757. The zero-order chi connectivity index (χ0) is 12.6. The zero-order valence-corrected chi connectivity index (χ0v) is 10.1. The Kier molecular flexibility index (Phi) is 2.97. The first kappa shape index (κ1) is 11.8. The Balaban J connectivity index is 2.00. The predicted molar refractivity (Wildman–Crippen MR) is 59.0 cm³/mol. The second-order valence-electron chi connectivity index (χ2n) is 4.23. The molecule has 17 heavy (non-hydrogen) atoms. The van der Waals surface area contributed by atoms with E-state index in [1.165, 1.54) is 7.05 Å². The van der Waals surface area contributed by atoms with Gasteiger partial charge in [-0.25, -0.2) is 0 Å². The van der Waals surface area contributed by atoms with Crippen LogP contribution in [-0.4, -0.2) is 35.0 Å². The van der Waals surface area contributed by atoms with Crippen molar-refractivity contribution >= 4 is 11.8 Å². The Bertz CT molecular complexity index is 447. The monoisotopic (exact) mass is 237 g/mol. The van der Waals surface area contributed by atoms with Crippen LogP contribution in [0.4, 0.5) is 0 Å². The number of hydrogen-bond donors (Lipinski definition) is 1. The molecule has 0 spiro atoms. The molecule has 6 nitrogen and oxygen atoms in total. The van der Waals surface area contributed by atoms with Gasteiger partial charge in [0.05, 0.1) is 18.2 Å². The van der Waals surface area contributed by atoms with Crippen LogP contribution in [0.5, 0.6) is 0 Å². The van der Waals surface area contributed by atoms with Crippen LogP contribution < -0.4 is 5.32 Å². The first-order valence-electron chi connectivity index (χ1n) is 5.46. The van der Waals surface area contributed by atoms with Gasteiger partial charge in [0, 0.05) is 19.2 Å². The van der Waals surface area contributed by atoms with Crippen molar-refractivity contribution < 1.29 is 14.1 Å². The second-order valence-corrected chi connectivity index (χ2v) is 4.23. The first-order chi connectivity index (χ1) is 8.00. The lowest BCUT2D eigenvalue weighted by molar-refractivity contribution is -0.137. The van der Waals surface area contributed by atoms with E-state index in [1.54, 1.807) is 0 Å². The first-order valence-corrected chi connectivity index (χ1v) is 5.46. The average molecular weight is 237 g/mol. The lowest BCUT2D eigenvalue weighted by atomic mass is 10.2. The van der Waals surface area contributed by atoms with Crippen LogP contribution in [0, 0.1) is 13.8 Å². The van der Waals surface area contributed by atoms with Crippen LogP contribution in [0.15, 0.2) is 4.52 Å². The van der Waals surface area contributed by atoms with Crippen molar-refractivity contribution in [1.82, 2.24) is 15.4 Å². The van der Waals surface area contributed by atoms with Crippen molar-refractivity contribution in [2.24, 2.45) is 0 Å². The van der Waals surface area contributed by atoms with Gasteiger partial charge in [-0.15, -0.1) is 0 Å². The molecule has 92 valence electrons. The second kappa shape index (κ2) is 4.29. The van der Waals surface area contributed by atoms with Crippen LogP contribution in [0.3, 0.4) is 0 Å². The highest BCUT2D eigenvalue weighted by molar-refractivity contribution is 6.05. The van der Waals surface area contributed by atoms with Gasteiger partial charge in [-0.05, 0) is 13.8 Å². The molecule has 1 unspecified atom stereocenters. The van der Waals surface area contributed by atoms with E-state index < -0.39 is 6.04 Å². The Hall–Kier alpha value is -1.69. The summed E-state index contributed by atoms with van der Waals surface area (Å²) in [5.74, 6) is 0.410. The standard InChI is InChI=1S/C11H15N3O3/c1-6-8(7(2)17-13-6)5-12-9-4-10(15)14(3)11(9)16/h9,12H,4-5H2,1-3H3. The molecule has 2 heterocycles. The summed E-state index contributed by atoms with van der Waals surface area (Å²) in [7, 11) is 1.50. The van der Waals surface area contributed by atoms with E-state index >= 15 is 0 Å². The van der Waals surface area contributed by atoms with E-state index in [2.05, 4.69) is 10.5 Å². The fraction of sp³-hybridized carbons (Fsp3) is 0.545. The molecule has 1 aliphatic rings. The number of likely N-dealkylation sites (N-methyl/N-ethyl adjacent to an activating group) is 1. The summed E-state index contributed by atoms with van der Waals surface area (Å²) in [6.07, 6.45) is 0.221. The third-order valence-corrected chi connectivity index (χ3v) is 3.09. The summed E-state index contributed by atoms with van der Waals surface area (Å²) < 4.78 is 5.03. The molecule has 0 aliphatic carbocycles. The Morgan fingerprint density at radius 3 is 2.65 bits per heavy atom. The Morgan fingerprint density at radius 2 is 2.18 bits per heavy atom. The van der Waals surface area contributed by atoms with Crippen molar-refractivity contribution in [3.05, 3.63) is 17.0 Å². The normalized spacial score (nSPS) is 20.4. The molecular weight excluding hydrogens is 222 g/mol. The number of aryl methyl sites for hydroxylation is 2. The van der Waals surface area contributed by atoms with Crippen LogP contribution in [0.25, 0.3) is 0 Å². The number of nitrogens with one attached hydrogen (secondary N) is 1. The molecule has 0 radical (unpaired) electrons. The minimum Gasteiger partial charge on any atom is -0.361 e. The van der Waals surface area contributed by atoms with Crippen LogP contribution >= 0.6 is 0 Å². The molecule has 6 heteroatoms. The highest BCUT2D eigenvalue weighted by Gasteiger charge is 2.35. The van der Waals surface area contributed by atoms with Crippen molar-refractivity contribution in [2.75, 3.05) is 7.05 Å². The summed E-state index contributed by atoms with van der Waals surface area (Å²) >= 11 is 0. The van der Waals surface area contributed by atoms with Gasteiger partial charge >= 0.3 is 0 Å². The van der Waals surface area contributed by atoms with Gasteiger partial charge in [-0.3, -0.25) is 14.5 Å². The van der Waals surface area contributed by atoms with E-state index in [-0.39, 0.29) is 18.2 Å². The van der Waals surface area contributed by atoms with Gasteiger partial charge in [0.25, 0.3) is 0 Å². The van der Waals surface area contributed by atoms with Crippen LogP contribution in [0.2, 0.25) is 0 Å². The number of hydrogen-bond acceptors (Lipinski definition) is 5. The van der Waals surface area contributed by atoms with Gasteiger partial charge in [0.15, 0.2) is 0 Å². The molecule has 1 fully saturated rings. The Labute approximate surface area is 98.9 Å². The molecule has 1 N–H and O–H groups in total. The molecule has 1 aromatic heterocycles. The summed E-state index contributed by atoms with van der Waals surface area (Å²) in [6, 6.07) is -0.429. The maximum absolute atomic E-state index is 11.6. The Morgan fingerprint density at radius 1 is 1.47 bits per heavy atom. The number of rotatable bonds is 3. The summed E-state index contributed by atoms with van der Waals surface area (Å²) in [4.78, 5) is 24.1. The maximum Gasteiger partial charge on any atom is 0.246 e. The SMILES string of the molecule is Cc1noc(C)c1CNC1CC(=O)N(C)C1=O. The van der Waals surface area contributed by atoms with Crippen molar-refractivity contribution in [2.45, 2.75) is 32.9 Å². The minimum absolute atomic E-state index is 0.147. The minimum atomic E-state index is -0.429. The summed E-state index contributed by atoms with van der Waals surface area (Å²) in [5, 5.41) is 6.90. The molecule has 0 aromatic carbocycles. The van der Waals surface area contributed by atoms with E-state index in [0.29, 0.717) is 6.54 Å². The number of carbonyl (C=O) groups excluding carboxylic acids is 2. The number of carbonyl (C=O) groups is 2. The fourth-order valence-corrected chi connectivity index (χ4v) is 1.89. The van der Waals surface area contributed by atoms with Gasteiger partial charge in [0.1, 0.15) is 5.76 Å². The van der Waals surface area contributed by atoms with E-state index in [4.69, 9.17) is 4.52 Å². The van der Waals surface area contributed by atoms with Crippen molar-refractivity contribution in [1.29, 1.82) is 0 Å². The van der Waals surface area contributed by atoms with E-state index in [9.17, 15) is 9.59 Å². The molecular formula is C11H15N3O3. The van der Waals surface area contributed by atoms with Crippen LogP contribution in [-0.2, 0) is 16.1 Å². The number of nitrogens with zero attached hydrogens (tertiary/aromatic N) is 2. The molecule has 1 saturated heterocycles. The zero-order valence-electron chi connectivity index (χ0n) is 10.1. The molecule has 0 bridgehead atoms. The topological polar surface area (TPSA) is 75.4 Å². The van der Waals surface area contributed by atoms with Gasteiger partial charge < -0.3 is 9.84 Å². The molecule has 1 aromatic rings. The predicted octanol–water partition coefficient (Wildman–Crippen LogP) is 0.138. The highest BCUT2D eigenvalue weighted by Crippen LogP contribution is 2.15. The van der Waals surface area contributed by atoms with Crippen molar-refractivity contribution in [3.8, 4) is 0 Å². The van der Waals surface area contributed by atoms with Gasteiger partial charge in [0.2, 0.25) is 11.8 Å². The summed E-state index contributed by atoms with van der Waals surface area (Å²) in [6.45, 7) is 4.16. The number of imide groups is 1. The number of likely N-dealkylation sites (tertiary alicyclic amines) is 1. The van der Waals surface area contributed by atoms with Crippen molar-refractivity contribution in [3.63, 3.8) is 0 Å². The molecule has 1 aliphatic heterocycles. The number of aromatic nitrogens is 1. The number of amides is 2. The highest BCUT2D eigenvalue weighted by atomic mass is 16.5. The van der Waals surface area contributed by atoms with E-state index in [0.717, 1.165) is 21.9 Å². The van der Waals surface area contributed by atoms with Gasteiger partial charge in [-0.1, -0.05) is 5.16 Å². The fourth-order valence-electron chi connectivity index (χ4n) is 1.89. The van der Waals surface area contributed by atoms with E-state index in [1.807, 2.05) is 13.8 Å². The smallest absolute Gasteiger partial charge is 0.246 e. The lowest BCUT2D eigenvalue weighted by Crippen LogP contribution is -2.36. The average Bonchev–Trinajstić information content (AvgIpc) is 2.73. The third kappa shape index (κ3) is 2.08. The molecule has 1 atom stereocenters. The van der Waals surface area contributed by atoms with Crippen LogP contribution in [0.1, 0.15) is 23.4 Å². The molecule has 0 saturated carbocycles. The third-order valence-electron chi connectivity index (χ3n) is 3.09. The maximum atomic E-state index is 11.6.